The highest BCUT2D eigenvalue weighted by atomic mass is 79.9. The van der Waals surface area contributed by atoms with Crippen molar-refractivity contribution >= 4 is 15.9 Å². The van der Waals surface area contributed by atoms with Crippen LogP contribution in [0.5, 0.6) is 0 Å². The lowest BCUT2D eigenvalue weighted by molar-refractivity contribution is 0.520. The molecule has 0 unspecified atom stereocenters. The average molecular weight is 194 g/mol. The third-order valence-electron chi connectivity index (χ3n) is 1.21. The smallest absolute Gasteiger partial charge is 0.000281 e. The molecule has 0 atom stereocenters. The molecule has 1 aliphatic heterocycles. The van der Waals surface area contributed by atoms with Gasteiger partial charge in [0.2, 0.25) is 0 Å². The van der Waals surface area contributed by atoms with Gasteiger partial charge in [0.05, 0.1) is 0 Å². The second-order valence-electron chi connectivity index (χ2n) is 2.08. The molecule has 0 radical (unpaired) electrons. The van der Waals surface area contributed by atoms with Crippen LogP contribution in [0.25, 0.3) is 0 Å². The Balaban J connectivity index is 0.000000187. The molecule has 1 heterocycles. The average Bonchev–Trinajstić information content (AvgIpc) is 1.93. The number of halogens is 1. The van der Waals surface area contributed by atoms with Gasteiger partial charge < -0.3 is 5.32 Å². The van der Waals surface area contributed by atoms with Crippen molar-refractivity contribution in [2.24, 2.45) is 0 Å². The van der Waals surface area contributed by atoms with Gasteiger partial charge in [-0.3, -0.25) is 0 Å². The summed E-state index contributed by atoms with van der Waals surface area (Å²) >= 11 is 3.15. The van der Waals surface area contributed by atoms with Crippen LogP contribution in [0.2, 0.25) is 0 Å². The third kappa shape index (κ3) is 8.44. The Bertz CT molecular complexity index is 32.7. The Kier molecular flexibility index (Phi) is 8.85. The van der Waals surface area contributed by atoms with Crippen molar-refractivity contribution in [2.45, 2.75) is 26.2 Å². The van der Waals surface area contributed by atoms with Crippen LogP contribution in [-0.2, 0) is 0 Å². The fraction of sp³-hybridized carbons (Fsp3) is 1.00. The molecule has 0 aromatic carbocycles. The van der Waals surface area contributed by atoms with E-state index in [0.717, 1.165) is 5.33 Å². The Hall–Kier alpha value is 0.440. The summed E-state index contributed by atoms with van der Waals surface area (Å²) in [5.41, 5.74) is 0. The van der Waals surface area contributed by atoms with Crippen molar-refractivity contribution in [2.75, 3.05) is 18.4 Å². The first-order chi connectivity index (χ1) is 4.41. The van der Waals surface area contributed by atoms with Crippen LogP contribution < -0.4 is 5.32 Å². The Labute approximate surface area is 66.3 Å². The molecular weight excluding hydrogens is 178 g/mol. The second kappa shape index (κ2) is 8.44. The van der Waals surface area contributed by atoms with E-state index in [9.17, 15) is 0 Å². The largest absolute Gasteiger partial charge is 0.317 e. The van der Waals surface area contributed by atoms with E-state index in [1.807, 2.05) is 6.92 Å². The minimum atomic E-state index is 1.06. The summed E-state index contributed by atoms with van der Waals surface area (Å²) in [5, 5.41) is 4.35. The van der Waals surface area contributed by atoms with Gasteiger partial charge >= 0.3 is 0 Å². The van der Waals surface area contributed by atoms with Crippen molar-refractivity contribution in [3.63, 3.8) is 0 Å². The normalized spacial score (nSPS) is 18.0. The van der Waals surface area contributed by atoms with Crippen LogP contribution in [0.15, 0.2) is 0 Å². The molecule has 2 heteroatoms. The van der Waals surface area contributed by atoms with E-state index in [1.54, 1.807) is 0 Å². The molecule has 1 nitrogen and oxygen atoms in total. The van der Waals surface area contributed by atoms with E-state index in [-0.39, 0.29) is 0 Å². The predicted octanol–water partition coefficient (Wildman–Crippen LogP) is 2.16. The summed E-state index contributed by atoms with van der Waals surface area (Å²) < 4.78 is 0. The van der Waals surface area contributed by atoms with Crippen molar-refractivity contribution in [1.29, 1.82) is 0 Å². The summed E-state index contributed by atoms with van der Waals surface area (Å²) in [4.78, 5) is 0. The Morgan fingerprint density at radius 2 is 1.67 bits per heavy atom. The second-order valence-corrected chi connectivity index (χ2v) is 3.20. The maximum atomic E-state index is 3.28. The van der Waals surface area contributed by atoms with Gasteiger partial charge in [-0.05, 0) is 25.9 Å². The first-order valence-electron chi connectivity index (χ1n) is 3.68. The third-order valence-corrected chi connectivity index (χ3v) is 1.21. The highest BCUT2D eigenvalue weighted by molar-refractivity contribution is 9.09. The minimum Gasteiger partial charge on any atom is -0.317 e. The van der Waals surface area contributed by atoms with Crippen LogP contribution in [0.4, 0.5) is 0 Å². The van der Waals surface area contributed by atoms with E-state index in [0.29, 0.717) is 0 Å². The quantitative estimate of drug-likeness (QED) is 0.582. The summed E-state index contributed by atoms with van der Waals surface area (Å²) in [7, 11) is 0. The van der Waals surface area contributed by atoms with Crippen molar-refractivity contribution < 1.29 is 0 Å². The van der Waals surface area contributed by atoms with E-state index in [2.05, 4.69) is 21.2 Å². The standard InChI is InChI=1S/C5H11N.C2H5Br/c1-2-4-6-5-3-1;1-2-3/h6H,1-5H2;2H2,1H3. The molecule has 0 bridgehead atoms. The van der Waals surface area contributed by atoms with Gasteiger partial charge in [0, 0.05) is 5.33 Å². The van der Waals surface area contributed by atoms with Crippen molar-refractivity contribution in [1.82, 2.24) is 5.32 Å². The lowest BCUT2D eigenvalue weighted by Gasteiger charge is -2.08. The molecular formula is C7H16BrN. The van der Waals surface area contributed by atoms with Crippen LogP contribution in [0.1, 0.15) is 26.2 Å². The molecule has 1 N–H and O–H groups in total. The number of hydrogen-bond donors (Lipinski definition) is 1. The fourth-order valence-corrected chi connectivity index (χ4v) is 0.802. The topological polar surface area (TPSA) is 12.0 Å². The van der Waals surface area contributed by atoms with Crippen molar-refractivity contribution in [3.8, 4) is 0 Å². The first-order valence-corrected chi connectivity index (χ1v) is 4.80. The maximum absolute atomic E-state index is 3.28. The molecule has 1 fully saturated rings. The highest BCUT2D eigenvalue weighted by Gasteiger charge is 1.93. The highest BCUT2D eigenvalue weighted by Crippen LogP contribution is 1.96. The van der Waals surface area contributed by atoms with Gasteiger partial charge in [0.15, 0.2) is 0 Å². The molecule has 1 aliphatic rings. The van der Waals surface area contributed by atoms with Crippen LogP contribution in [-0.4, -0.2) is 18.4 Å². The van der Waals surface area contributed by atoms with Gasteiger partial charge in [-0.25, -0.2) is 0 Å². The van der Waals surface area contributed by atoms with Crippen LogP contribution in [0, 0.1) is 0 Å². The maximum Gasteiger partial charge on any atom is 0.000281 e. The van der Waals surface area contributed by atoms with E-state index in [4.69, 9.17) is 0 Å². The van der Waals surface area contributed by atoms with E-state index < -0.39 is 0 Å². The molecule has 0 spiro atoms. The number of alkyl halides is 1. The SMILES string of the molecule is C1CCNCC1.CCBr. The Morgan fingerprint density at radius 1 is 1.22 bits per heavy atom. The molecule has 0 aromatic rings. The summed E-state index contributed by atoms with van der Waals surface area (Å²) in [6, 6.07) is 0. The molecule has 9 heavy (non-hydrogen) atoms. The lowest BCUT2D eigenvalue weighted by Crippen LogP contribution is -2.21. The number of rotatable bonds is 0. The number of hydrogen-bond acceptors (Lipinski definition) is 1. The Morgan fingerprint density at radius 3 is 1.78 bits per heavy atom. The van der Waals surface area contributed by atoms with Gasteiger partial charge in [0.1, 0.15) is 0 Å². The van der Waals surface area contributed by atoms with Crippen LogP contribution in [0.3, 0.4) is 0 Å². The van der Waals surface area contributed by atoms with Gasteiger partial charge in [-0.1, -0.05) is 29.3 Å². The zero-order valence-corrected chi connectivity index (χ0v) is 7.71. The molecule has 0 aliphatic carbocycles. The number of piperidine rings is 1. The summed E-state index contributed by atoms with van der Waals surface area (Å²) in [5.74, 6) is 0. The lowest BCUT2D eigenvalue weighted by atomic mass is 10.2. The van der Waals surface area contributed by atoms with E-state index in [1.165, 1.54) is 32.4 Å². The van der Waals surface area contributed by atoms with Gasteiger partial charge in [-0.15, -0.1) is 0 Å². The van der Waals surface area contributed by atoms with Crippen molar-refractivity contribution in [3.05, 3.63) is 0 Å². The summed E-state index contributed by atoms with van der Waals surface area (Å²) in [6.45, 7) is 4.54. The molecule has 0 amide bonds. The monoisotopic (exact) mass is 193 g/mol. The zero-order chi connectivity index (χ0) is 6.95. The first kappa shape index (κ1) is 9.44. The summed E-state index contributed by atoms with van der Waals surface area (Å²) in [6.07, 6.45) is 4.22. The molecule has 56 valence electrons. The minimum absolute atomic E-state index is 1.06. The fourth-order valence-electron chi connectivity index (χ4n) is 0.802. The van der Waals surface area contributed by atoms with Gasteiger partial charge in [-0.2, -0.15) is 0 Å². The molecule has 1 rings (SSSR count). The van der Waals surface area contributed by atoms with Gasteiger partial charge in [0.25, 0.3) is 0 Å². The zero-order valence-electron chi connectivity index (χ0n) is 6.12. The number of nitrogens with one attached hydrogen (secondary N) is 1. The molecule has 1 saturated heterocycles. The van der Waals surface area contributed by atoms with Crippen LogP contribution >= 0.6 is 15.9 Å². The molecule has 0 aromatic heterocycles. The predicted molar refractivity (Wildman–Crippen MR) is 46.2 cm³/mol. The molecule has 0 saturated carbocycles. The van der Waals surface area contributed by atoms with E-state index >= 15 is 0 Å².